The summed E-state index contributed by atoms with van der Waals surface area (Å²) in [5.41, 5.74) is 2.13. The third-order valence-electron chi connectivity index (χ3n) is 3.98. The van der Waals surface area contributed by atoms with Crippen LogP contribution in [0.3, 0.4) is 0 Å². The van der Waals surface area contributed by atoms with Crippen LogP contribution in [-0.2, 0) is 11.3 Å². The van der Waals surface area contributed by atoms with Gasteiger partial charge in [-0.3, -0.25) is 9.59 Å². The first-order valence-corrected chi connectivity index (χ1v) is 10.0. The minimum absolute atomic E-state index is 0.0175. The molecule has 6 nitrogen and oxygen atoms in total. The van der Waals surface area contributed by atoms with E-state index < -0.39 is 0 Å². The van der Waals surface area contributed by atoms with Crippen LogP contribution in [0.15, 0.2) is 36.4 Å². The van der Waals surface area contributed by atoms with Crippen molar-refractivity contribution in [1.82, 2.24) is 5.32 Å². The van der Waals surface area contributed by atoms with Gasteiger partial charge in [-0.05, 0) is 58.3 Å². The van der Waals surface area contributed by atoms with E-state index in [2.05, 4.69) is 33.2 Å². The summed E-state index contributed by atoms with van der Waals surface area (Å²) in [5.74, 6) is 1.15. The fraction of sp³-hybridized carbons (Fsp3) is 0.333. The monoisotopic (exact) mass is 496 g/mol. The molecule has 0 radical (unpaired) electrons. The van der Waals surface area contributed by atoms with E-state index in [1.165, 1.54) is 7.11 Å². The lowest BCUT2D eigenvalue weighted by Crippen LogP contribution is -2.24. The van der Waals surface area contributed by atoms with E-state index in [4.69, 9.17) is 9.47 Å². The van der Waals surface area contributed by atoms with E-state index >= 15 is 0 Å². The van der Waals surface area contributed by atoms with E-state index in [0.29, 0.717) is 35.9 Å². The molecule has 2 amide bonds. The zero-order valence-electron chi connectivity index (χ0n) is 16.5. The smallest absolute Gasteiger partial charge is 0.252 e. The molecule has 2 N–H and O–H groups in total. The lowest BCUT2D eigenvalue weighted by Gasteiger charge is -2.13. The van der Waals surface area contributed by atoms with Crippen LogP contribution >= 0.6 is 22.6 Å². The molecule has 0 heterocycles. The Morgan fingerprint density at radius 1 is 1.07 bits per heavy atom. The molecule has 0 spiro atoms. The number of hydrogen-bond acceptors (Lipinski definition) is 4. The van der Waals surface area contributed by atoms with Gasteiger partial charge < -0.3 is 20.1 Å². The molecule has 2 rings (SSSR count). The summed E-state index contributed by atoms with van der Waals surface area (Å²) in [6.45, 7) is 4.35. The van der Waals surface area contributed by atoms with Gasteiger partial charge in [0.2, 0.25) is 5.91 Å². The van der Waals surface area contributed by atoms with Gasteiger partial charge >= 0.3 is 0 Å². The summed E-state index contributed by atoms with van der Waals surface area (Å²) in [5, 5.41) is 5.79. The molecule has 0 saturated heterocycles. The van der Waals surface area contributed by atoms with Gasteiger partial charge in [-0.2, -0.15) is 0 Å². The molecule has 0 unspecified atom stereocenters. The van der Waals surface area contributed by atoms with Crippen LogP contribution in [0.25, 0.3) is 0 Å². The molecule has 0 aliphatic heterocycles. The second-order valence-electron chi connectivity index (χ2n) is 6.72. The average molecular weight is 496 g/mol. The van der Waals surface area contributed by atoms with Crippen molar-refractivity contribution in [2.24, 2.45) is 5.92 Å². The first kappa shape index (κ1) is 22.0. The maximum Gasteiger partial charge on any atom is 0.252 e. The summed E-state index contributed by atoms with van der Waals surface area (Å²) in [6.07, 6.45) is 0.471. The third kappa shape index (κ3) is 6.12. The summed E-state index contributed by atoms with van der Waals surface area (Å²) in [4.78, 5) is 24.5. The number of benzene rings is 2. The van der Waals surface area contributed by atoms with E-state index in [9.17, 15) is 9.59 Å². The predicted octanol–water partition coefficient (Wildman–Crippen LogP) is 4.22. The molecule has 0 atom stereocenters. The number of rotatable bonds is 8. The van der Waals surface area contributed by atoms with Crippen molar-refractivity contribution in [1.29, 1.82) is 0 Å². The Morgan fingerprint density at radius 3 is 2.39 bits per heavy atom. The number of carbonyl (C=O) groups excluding carboxylic acids is 2. The summed E-state index contributed by atoms with van der Waals surface area (Å²) in [6, 6.07) is 10.9. The first-order chi connectivity index (χ1) is 13.3. The van der Waals surface area contributed by atoms with Crippen molar-refractivity contribution < 1.29 is 19.1 Å². The highest BCUT2D eigenvalue weighted by Gasteiger charge is 2.15. The van der Waals surface area contributed by atoms with Gasteiger partial charge in [-0.1, -0.05) is 26.0 Å². The van der Waals surface area contributed by atoms with E-state index in [1.807, 2.05) is 38.1 Å². The number of anilines is 1. The lowest BCUT2D eigenvalue weighted by molar-refractivity contribution is -0.116. The highest BCUT2D eigenvalue weighted by atomic mass is 127. The largest absolute Gasteiger partial charge is 0.493 e. The number of methoxy groups -OCH3 is 2. The van der Waals surface area contributed by atoms with Crippen molar-refractivity contribution in [2.75, 3.05) is 19.5 Å². The van der Waals surface area contributed by atoms with E-state index in [1.54, 1.807) is 19.2 Å². The molecular weight excluding hydrogens is 471 g/mol. The molecule has 0 saturated carbocycles. The second-order valence-corrected chi connectivity index (χ2v) is 7.88. The van der Waals surface area contributed by atoms with Gasteiger partial charge in [0.25, 0.3) is 5.91 Å². The minimum Gasteiger partial charge on any atom is -0.493 e. The molecule has 7 heteroatoms. The Balaban J connectivity index is 2.05. The molecule has 28 heavy (non-hydrogen) atoms. The molecule has 0 aliphatic rings. The quantitative estimate of drug-likeness (QED) is 0.537. The van der Waals surface area contributed by atoms with Gasteiger partial charge in [-0.15, -0.1) is 0 Å². The van der Waals surface area contributed by atoms with E-state index in [-0.39, 0.29) is 11.8 Å². The predicted molar refractivity (Wildman–Crippen MR) is 118 cm³/mol. The Hall–Kier alpha value is -2.29. The van der Waals surface area contributed by atoms with Gasteiger partial charge in [0.15, 0.2) is 11.5 Å². The van der Waals surface area contributed by atoms with Crippen LogP contribution in [0.2, 0.25) is 0 Å². The van der Waals surface area contributed by atoms with Crippen molar-refractivity contribution in [3.63, 3.8) is 0 Å². The van der Waals surface area contributed by atoms with Crippen LogP contribution in [0.5, 0.6) is 11.5 Å². The number of amides is 2. The molecule has 0 fully saturated rings. The molecule has 2 aromatic rings. The normalized spacial score (nSPS) is 10.5. The maximum atomic E-state index is 12.6. The number of ether oxygens (including phenoxy) is 2. The lowest BCUT2D eigenvalue weighted by atomic mass is 10.1. The second kappa shape index (κ2) is 10.3. The zero-order valence-corrected chi connectivity index (χ0v) is 18.6. The van der Waals surface area contributed by atoms with E-state index in [0.717, 1.165) is 14.8 Å². The molecule has 0 aromatic heterocycles. The topological polar surface area (TPSA) is 76.7 Å². The Kier molecular flexibility index (Phi) is 8.10. The van der Waals surface area contributed by atoms with Crippen molar-refractivity contribution in [2.45, 2.75) is 26.8 Å². The number of carbonyl (C=O) groups is 2. The molecule has 2 aromatic carbocycles. The van der Waals surface area contributed by atoms with Crippen molar-refractivity contribution in [3.05, 3.63) is 51.1 Å². The summed E-state index contributed by atoms with van der Waals surface area (Å²) in [7, 11) is 3.09. The summed E-state index contributed by atoms with van der Waals surface area (Å²) < 4.78 is 11.3. The number of nitrogens with one attached hydrogen (secondary N) is 2. The zero-order chi connectivity index (χ0) is 20.7. The Morgan fingerprint density at radius 2 is 1.75 bits per heavy atom. The Bertz CT molecular complexity index is 852. The highest BCUT2D eigenvalue weighted by molar-refractivity contribution is 14.1. The SMILES string of the molecule is COc1cc(I)c(C(=O)NCc2cccc(NC(=O)CC(C)C)c2)cc1OC. The number of hydrogen-bond donors (Lipinski definition) is 2. The standard InChI is InChI=1S/C21H25IN2O4/c1-13(2)8-20(25)24-15-7-5-6-14(9-15)12-23-21(26)16-10-18(27-3)19(28-4)11-17(16)22/h5-7,9-11,13H,8,12H2,1-4H3,(H,23,26)(H,24,25). The van der Waals surface area contributed by atoms with Crippen LogP contribution in [-0.4, -0.2) is 26.0 Å². The van der Waals surface area contributed by atoms with Crippen LogP contribution in [0.4, 0.5) is 5.69 Å². The molecule has 0 aliphatic carbocycles. The summed E-state index contributed by atoms with van der Waals surface area (Å²) >= 11 is 2.10. The van der Waals surface area contributed by atoms with Gasteiger partial charge in [0.1, 0.15) is 0 Å². The van der Waals surface area contributed by atoms with Crippen LogP contribution in [0.1, 0.15) is 36.2 Å². The van der Waals surface area contributed by atoms with Crippen molar-refractivity contribution >= 4 is 40.1 Å². The molecule has 150 valence electrons. The molecule has 0 bridgehead atoms. The third-order valence-corrected chi connectivity index (χ3v) is 4.87. The van der Waals surface area contributed by atoms with Gasteiger partial charge in [0.05, 0.1) is 19.8 Å². The van der Waals surface area contributed by atoms with Gasteiger partial charge in [0, 0.05) is 22.2 Å². The van der Waals surface area contributed by atoms with Crippen LogP contribution < -0.4 is 20.1 Å². The van der Waals surface area contributed by atoms with Crippen molar-refractivity contribution in [3.8, 4) is 11.5 Å². The molecular formula is C21H25IN2O4. The maximum absolute atomic E-state index is 12.6. The number of halogens is 1. The highest BCUT2D eigenvalue weighted by Crippen LogP contribution is 2.31. The van der Waals surface area contributed by atoms with Gasteiger partial charge in [-0.25, -0.2) is 0 Å². The fourth-order valence-corrected chi connectivity index (χ4v) is 3.33. The average Bonchev–Trinajstić information content (AvgIpc) is 2.65. The minimum atomic E-state index is -0.209. The fourth-order valence-electron chi connectivity index (χ4n) is 2.65. The van der Waals surface area contributed by atoms with Crippen LogP contribution in [0, 0.1) is 9.49 Å². The Labute approximate surface area is 179 Å². The first-order valence-electron chi connectivity index (χ1n) is 8.92.